The van der Waals surface area contributed by atoms with E-state index in [4.69, 9.17) is 0 Å². The number of carbonyl (C=O) groups excluding carboxylic acids is 3. The minimum atomic E-state index is -0.830. The Hall–Kier alpha value is -3.37. The molecule has 2 aromatic carbocycles. The normalized spacial score (nSPS) is 11.9. The number of para-hydroxylation sites is 2. The molecule has 0 saturated carbocycles. The first-order valence-electron chi connectivity index (χ1n) is 9.89. The Morgan fingerprint density at radius 2 is 1.88 bits per heavy atom. The SMILES string of the molecule is CC(=O)N[C@@H](Cc1c[nH]c2ccccc12)C(=O)NNC(=O)CSc1nc2ccccc2s1. The number of H-pyrrole nitrogens is 1. The van der Waals surface area contributed by atoms with Crippen molar-refractivity contribution >= 4 is 61.9 Å². The quantitative estimate of drug-likeness (QED) is 0.246. The molecule has 10 heteroatoms. The van der Waals surface area contributed by atoms with E-state index in [1.165, 1.54) is 30.0 Å². The highest BCUT2D eigenvalue weighted by molar-refractivity contribution is 8.01. The number of carbonyl (C=O) groups is 3. The lowest BCUT2D eigenvalue weighted by Gasteiger charge is -2.17. The molecule has 164 valence electrons. The van der Waals surface area contributed by atoms with E-state index in [-0.39, 0.29) is 24.0 Å². The van der Waals surface area contributed by atoms with Gasteiger partial charge in [-0.3, -0.25) is 25.2 Å². The molecule has 0 saturated heterocycles. The highest BCUT2D eigenvalue weighted by Crippen LogP contribution is 2.29. The van der Waals surface area contributed by atoms with Crippen molar-refractivity contribution in [2.24, 2.45) is 0 Å². The molecule has 0 fully saturated rings. The standard InChI is InChI=1S/C22H21N5O3S2/c1-13(28)24-18(10-14-11-23-16-7-3-2-6-15(14)16)21(30)27-26-20(29)12-31-22-25-17-8-4-5-9-19(17)32-22/h2-9,11,18,23H,10,12H2,1H3,(H,24,28)(H,26,29)(H,27,30)/t18-/m0/s1. The summed E-state index contributed by atoms with van der Waals surface area (Å²) in [5, 5.41) is 3.63. The summed E-state index contributed by atoms with van der Waals surface area (Å²) in [6.45, 7) is 1.35. The average molecular weight is 468 g/mol. The number of hydrogen-bond acceptors (Lipinski definition) is 6. The van der Waals surface area contributed by atoms with Crippen LogP contribution >= 0.6 is 23.1 Å². The van der Waals surface area contributed by atoms with Gasteiger partial charge in [-0.25, -0.2) is 4.98 Å². The minimum Gasteiger partial charge on any atom is -0.361 e. The van der Waals surface area contributed by atoms with E-state index in [0.29, 0.717) is 0 Å². The number of thioether (sulfide) groups is 1. The number of benzene rings is 2. The second-order valence-electron chi connectivity index (χ2n) is 7.09. The molecule has 0 spiro atoms. The monoisotopic (exact) mass is 467 g/mol. The molecule has 4 rings (SSSR count). The van der Waals surface area contributed by atoms with Gasteiger partial charge < -0.3 is 10.3 Å². The number of fused-ring (bicyclic) bond motifs is 2. The van der Waals surface area contributed by atoms with Gasteiger partial charge in [0.05, 0.1) is 16.0 Å². The Balaban J connectivity index is 1.33. The number of aromatic amines is 1. The summed E-state index contributed by atoms with van der Waals surface area (Å²) in [6, 6.07) is 14.7. The molecule has 2 aromatic heterocycles. The van der Waals surface area contributed by atoms with E-state index >= 15 is 0 Å². The average Bonchev–Trinajstić information content (AvgIpc) is 3.39. The zero-order valence-corrected chi connectivity index (χ0v) is 18.8. The number of hydrogen-bond donors (Lipinski definition) is 4. The van der Waals surface area contributed by atoms with Gasteiger partial charge in [-0.15, -0.1) is 11.3 Å². The highest BCUT2D eigenvalue weighted by Gasteiger charge is 2.22. The van der Waals surface area contributed by atoms with Crippen LogP contribution in [0.15, 0.2) is 59.1 Å². The van der Waals surface area contributed by atoms with Gasteiger partial charge in [-0.05, 0) is 23.8 Å². The molecule has 8 nitrogen and oxygen atoms in total. The van der Waals surface area contributed by atoms with Gasteiger partial charge in [-0.1, -0.05) is 42.1 Å². The third kappa shape index (κ3) is 5.27. The first-order chi connectivity index (χ1) is 15.5. The Bertz CT molecular complexity index is 1250. The smallest absolute Gasteiger partial charge is 0.261 e. The molecule has 0 aliphatic rings. The van der Waals surface area contributed by atoms with Gasteiger partial charge in [0.25, 0.3) is 5.91 Å². The number of hydrazine groups is 1. The molecule has 4 aromatic rings. The van der Waals surface area contributed by atoms with E-state index < -0.39 is 11.9 Å². The molecule has 0 radical (unpaired) electrons. The van der Waals surface area contributed by atoms with Crippen LogP contribution < -0.4 is 16.2 Å². The molecular formula is C22H21N5O3S2. The first-order valence-corrected chi connectivity index (χ1v) is 11.7. The predicted octanol–water partition coefficient (Wildman–Crippen LogP) is 2.76. The van der Waals surface area contributed by atoms with E-state index in [1.54, 1.807) is 0 Å². The van der Waals surface area contributed by atoms with Crippen molar-refractivity contribution in [2.45, 2.75) is 23.7 Å². The highest BCUT2D eigenvalue weighted by atomic mass is 32.2. The molecule has 0 bridgehead atoms. The number of nitrogens with one attached hydrogen (secondary N) is 4. The lowest BCUT2D eigenvalue weighted by atomic mass is 10.0. The maximum Gasteiger partial charge on any atom is 0.261 e. The summed E-state index contributed by atoms with van der Waals surface area (Å²) >= 11 is 2.81. The van der Waals surface area contributed by atoms with E-state index in [1.807, 2.05) is 54.7 Å². The molecule has 2 heterocycles. The van der Waals surface area contributed by atoms with Crippen LogP contribution in [0.25, 0.3) is 21.1 Å². The Morgan fingerprint density at radius 1 is 1.09 bits per heavy atom. The van der Waals surface area contributed by atoms with Gasteiger partial charge in [0, 0.05) is 30.4 Å². The topological polar surface area (TPSA) is 116 Å². The van der Waals surface area contributed by atoms with E-state index in [0.717, 1.165) is 31.0 Å². The van der Waals surface area contributed by atoms with Crippen LogP contribution in [0.1, 0.15) is 12.5 Å². The summed E-state index contributed by atoms with van der Waals surface area (Å²) < 4.78 is 1.84. The largest absolute Gasteiger partial charge is 0.361 e. The van der Waals surface area contributed by atoms with Gasteiger partial charge in [0.2, 0.25) is 11.8 Å². The maximum absolute atomic E-state index is 12.7. The van der Waals surface area contributed by atoms with Crippen molar-refractivity contribution < 1.29 is 14.4 Å². The fourth-order valence-electron chi connectivity index (χ4n) is 3.27. The maximum atomic E-state index is 12.7. The lowest BCUT2D eigenvalue weighted by molar-refractivity contribution is -0.131. The van der Waals surface area contributed by atoms with Crippen LogP contribution in [0.5, 0.6) is 0 Å². The molecule has 4 N–H and O–H groups in total. The Labute approximate surface area is 192 Å². The van der Waals surface area contributed by atoms with Crippen molar-refractivity contribution in [3.63, 3.8) is 0 Å². The molecule has 1 atom stereocenters. The van der Waals surface area contributed by atoms with E-state index in [9.17, 15) is 14.4 Å². The van der Waals surface area contributed by atoms with Crippen LogP contribution in [-0.2, 0) is 20.8 Å². The van der Waals surface area contributed by atoms with Crippen LogP contribution in [-0.4, -0.2) is 39.5 Å². The minimum absolute atomic E-state index is 0.105. The molecule has 3 amide bonds. The number of nitrogens with zero attached hydrogens (tertiary/aromatic N) is 1. The summed E-state index contributed by atoms with van der Waals surface area (Å²) in [7, 11) is 0. The second-order valence-corrected chi connectivity index (χ2v) is 9.34. The van der Waals surface area contributed by atoms with Crippen molar-refractivity contribution in [1.82, 2.24) is 26.1 Å². The lowest BCUT2D eigenvalue weighted by Crippen LogP contribution is -2.53. The number of aromatic nitrogens is 2. The van der Waals surface area contributed by atoms with Crippen molar-refractivity contribution in [3.8, 4) is 0 Å². The van der Waals surface area contributed by atoms with Crippen LogP contribution in [0.3, 0.4) is 0 Å². The molecule has 0 aliphatic carbocycles. The van der Waals surface area contributed by atoms with Crippen molar-refractivity contribution in [3.05, 3.63) is 60.3 Å². The van der Waals surface area contributed by atoms with E-state index in [2.05, 4.69) is 26.1 Å². The van der Waals surface area contributed by atoms with Crippen LogP contribution in [0.2, 0.25) is 0 Å². The molecule has 0 unspecified atom stereocenters. The zero-order chi connectivity index (χ0) is 22.5. The summed E-state index contributed by atoms with van der Waals surface area (Å²) in [5.74, 6) is -1.09. The molecule has 0 aliphatic heterocycles. The third-order valence-corrected chi connectivity index (χ3v) is 6.90. The van der Waals surface area contributed by atoms with Gasteiger partial charge >= 0.3 is 0 Å². The Morgan fingerprint density at radius 3 is 2.69 bits per heavy atom. The summed E-state index contributed by atoms with van der Waals surface area (Å²) in [4.78, 5) is 44.1. The Kier molecular flexibility index (Phi) is 6.72. The van der Waals surface area contributed by atoms with Gasteiger partial charge in [0.1, 0.15) is 6.04 Å². The fourth-order valence-corrected chi connectivity index (χ4v) is 5.14. The van der Waals surface area contributed by atoms with Crippen molar-refractivity contribution in [1.29, 1.82) is 0 Å². The zero-order valence-electron chi connectivity index (χ0n) is 17.2. The van der Waals surface area contributed by atoms with Gasteiger partial charge in [-0.2, -0.15) is 0 Å². The summed E-state index contributed by atoms with van der Waals surface area (Å²) in [5.41, 5.74) is 7.57. The van der Waals surface area contributed by atoms with Crippen molar-refractivity contribution in [2.75, 3.05) is 5.75 Å². The van der Waals surface area contributed by atoms with Crippen LogP contribution in [0.4, 0.5) is 0 Å². The number of rotatable bonds is 7. The molecular weight excluding hydrogens is 446 g/mol. The number of amides is 3. The summed E-state index contributed by atoms with van der Waals surface area (Å²) in [6.07, 6.45) is 2.10. The second kappa shape index (κ2) is 9.84. The fraction of sp³-hybridized carbons (Fsp3) is 0.182. The number of thiazole rings is 1. The van der Waals surface area contributed by atoms with Gasteiger partial charge in [0.15, 0.2) is 4.34 Å². The first kappa shape index (κ1) is 21.8. The predicted molar refractivity (Wildman–Crippen MR) is 126 cm³/mol. The molecule has 32 heavy (non-hydrogen) atoms. The third-order valence-electron chi connectivity index (χ3n) is 4.72. The van der Waals surface area contributed by atoms with Crippen LogP contribution in [0, 0.1) is 0 Å².